The van der Waals surface area contributed by atoms with Gasteiger partial charge in [-0.2, -0.15) is 0 Å². The fourth-order valence-corrected chi connectivity index (χ4v) is 3.37. The average molecular weight is 399 g/mol. The van der Waals surface area contributed by atoms with Gasteiger partial charge in [0.15, 0.2) is 5.11 Å². The SMILES string of the molecule is CCCOc1ccc(C(=O)NC(=S)NC2CCCCC2)cc1Br. The molecule has 0 radical (unpaired) electrons. The number of nitrogens with one attached hydrogen (secondary N) is 2. The van der Waals surface area contributed by atoms with Crippen molar-refractivity contribution in [1.29, 1.82) is 0 Å². The van der Waals surface area contributed by atoms with Gasteiger partial charge in [-0.15, -0.1) is 0 Å². The Labute approximate surface area is 151 Å². The summed E-state index contributed by atoms with van der Waals surface area (Å²) >= 11 is 8.69. The number of hydrogen-bond acceptors (Lipinski definition) is 3. The highest BCUT2D eigenvalue weighted by molar-refractivity contribution is 9.10. The van der Waals surface area contributed by atoms with Gasteiger partial charge in [-0.1, -0.05) is 26.2 Å². The maximum Gasteiger partial charge on any atom is 0.257 e. The molecule has 1 amide bonds. The molecule has 0 spiro atoms. The highest BCUT2D eigenvalue weighted by atomic mass is 79.9. The first-order chi connectivity index (χ1) is 11.1. The van der Waals surface area contributed by atoms with Crippen LogP contribution in [0.4, 0.5) is 0 Å². The number of hydrogen-bond donors (Lipinski definition) is 2. The number of benzene rings is 1. The fraction of sp³-hybridized carbons (Fsp3) is 0.529. The summed E-state index contributed by atoms with van der Waals surface area (Å²) in [6.07, 6.45) is 6.91. The van der Waals surface area contributed by atoms with Gasteiger partial charge in [0, 0.05) is 11.6 Å². The summed E-state index contributed by atoms with van der Waals surface area (Å²) < 4.78 is 6.35. The largest absolute Gasteiger partial charge is 0.492 e. The number of thiocarbonyl (C=S) groups is 1. The van der Waals surface area contributed by atoms with Crippen LogP contribution in [0.5, 0.6) is 5.75 Å². The molecular formula is C17H23BrN2O2S. The Morgan fingerprint density at radius 3 is 2.74 bits per heavy atom. The second kappa shape index (κ2) is 9.23. The number of halogens is 1. The monoisotopic (exact) mass is 398 g/mol. The van der Waals surface area contributed by atoms with Crippen LogP contribution in [0.3, 0.4) is 0 Å². The van der Waals surface area contributed by atoms with Crippen molar-refractivity contribution in [3.05, 3.63) is 28.2 Å². The first-order valence-corrected chi connectivity index (χ1v) is 9.34. The lowest BCUT2D eigenvalue weighted by Crippen LogP contribution is -2.45. The van der Waals surface area contributed by atoms with Crippen LogP contribution in [0, 0.1) is 0 Å². The summed E-state index contributed by atoms with van der Waals surface area (Å²) in [5.74, 6) is 0.535. The van der Waals surface area contributed by atoms with Crippen LogP contribution in [0.2, 0.25) is 0 Å². The Morgan fingerprint density at radius 1 is 1.35 bits per heavy atom. The standard InChI is InChI=1S/C17H23BrN2O2S/c1-2-10-22-15-9-8-12(11-14(15)18)16(21)20-17(23)19-13-6-4-3-5-7-13/h8-9,11,13H,2-7,10H2,1H3,(H2,19,20,21,23). The summed E-state index contributed by atoms with van der Waals surface area (Å²) in [6.45, 7) is 2.70. The Kier molecular flexibility index (Phi) is 7.30. The van der Waals surface area contributed by atoms with Crippen molar-refractivity contribution in [2.24, 2.45) is 0 Å². The van der Waals surface area contributed by atoms with Gasteiger partial charge >= 0.3 is 0 Å². The molecular weight excluding hydrogens is 376 g/mol. The van der Waals surface area contributed by atoms with Crippen LogP contribution >= 0.6 is 28.1 Å². The molecule has 1 aliphatic rings. The van der Waals surface area contributed by atoms with Crippen LogP contribution in [-0.4, -0.2) is 23.7 Å². The third-order valence-corrected chi connectivity index (χ3v) is 4.66. The lowest BCUT2D eigenvalue weighted by molar-refractivity contribution is 0.0976. The van der Waals surface area contributed by atoms with Gasteiger partial charge in [0.25, 0.3) is 5.91 Å². The molecule has 1 aromatic rings. The Balaban J connectivity index is 1.89. The summed E-state index contributed by atoms with van der Waals surface area (Å²) in [6, 6.07) is 5.68. The molecule has 2 rings (SSSR count). The lowest BCUT2D eigenvalue weighted by Gasteiger charge is -2.24. The number of ether oxygens (including phenoxy) is 1. The molecule has 0 heterocycles. The second-order valence-corrected chi connectivity index (χ2v) is 7.02. The van der Waals surface area contributed by atoms with Gasteiger partial charge in [-0.25, -0.2) is 0 Å². The van der Waals surface area contributed by atoms with Crippen molar-refractivity contribution in [2.45, 2.75) is 51.5 Å². The molecule has 0 aliphatic heterocycles. The van der Waals surface area contributed by atoms with Crippen molar-refractivity contribution in [1.82, 2.24) is 10.6 Å². The van der Waals surface area contributed by atoms with Crippen molar-refractivity contribution in [2.75, 3.05) is 6.61 Å². The fourth-order valence-electron chi connectivity index (χ4n) is 2.61. The highest BCUT2D eigenvalue weighted by Crippen LogP contribution is 2.26. The zero-order chi connectivity index (χ0) is 16.7. The predicted octanol–water partition coefficient (Wildman–Crippen LogP) is 4.17. The topological polar surface area (TPSA) is 50.4 Å². The van der Waals surface area contributed by atoms with Crippen molar-refractivity contribution >= 4 is 39.2 Å². The Hall–Kier alpha value is -1.14. The molecule has 0 atom stereocenters. The molecule has 2 N–H and O–H groups in total. The molecule has 0 saturated heterocycles. The van der Waals surface area contributed by atoms with Crippen LogP contribution in [-0.2, 0) is 0 Å². The van der Waals surface area contributed by atoms with E-state index >= 15 is 0 Å². The van der Waals surface area contributed by atoms with E-state index in [-0.39, 0.29) is 5.91 Å². The van der Waals surface area contributed by atoms with E-state index in [1.165, 1.54) is 19.3 Å². The van der Waals surface area contributed by atoms with Gasteiger partial charge in [0.2, 0.25) is 0 Å². The third-order valence-electron chi connectivity index (χ3n) is 3.82. The molecule has 1 saturated carbocycles. The summed E-state index contributed by atoms with van der Waals surface area (Å²) in [5, 5.41) is 6.40. The Morgan fingerprint density at radius 2 is 2.09 bits per heavy atom. The van der Waals surface area contributed by atoms with Crippen LogP contribution in [0.15, 0.2) is 22.7 Å². The van der Waals surface area contributed by atoms with E-state index in [0.717, 1.165) is 29.5 Å². The van der Waals surface area contributed by atoms with E-state index < -0.39 is 0 Å². The number of rotatable bonds is 5. The maximum atomic E-state index is 12.3. The quantitative estimate of drug-likeness (QED) is 0.730. The minimum Gasteiger partial charge on any atom is -0.492 e. The predicted molar refractivity (Wildman–Crippen MR) is 100 cm³/mol. The van der Waals surface area contributed by atoms with E-state index in [1.54, 1.807) is 18.2 Å². The molecule has 1 aliphatic carbocycles. The minimum atomic E-state index is -0.207. The molecule has 0 bridgehead atoms. The summed E-state index contributed by atoms with van der Waals surface area (Å²) in [4.78, 5) is 12.3. The van der Waals surface area contributed by atoms with Crippen molar-refractivity contribution < 1.29 is 9.53 Å². The number of carbonyl (C=O) groups is 1. The molecule has 23 heavy (non-hydrogen) atoms. The van der Waals surface area contributed by atoms with E-state index in [2.05, 4.69) is 33.5 Å². The number of amides is 1. The zero-order valence-electron chi connectivity index (χ0n) is 13.4. The van der Waals surface area contributed by atoms with Gasteiger partial charge < -0.3 is 10.1 Å². The van der Waals surface area contributed by atoms with Crippen molar-refractivity contribution in [3.63, 3.8) is 0 Å². The normalized spacial score (nSPS) is 15.0. The maximum absolute atomic E-state index is 12.3. The third kappa shape index (κ3) is 5.77. The van der Waals surface area contributed by atoms with Gasteiger partial charge in [-0.05, 0) is 65.6 Å². The first-order valence-electron chi connectivity index (χ1n) is 8.14. The van der Waals surface area contributed by atoms with Gasteiger partial charge in [0.1, 0.15) is 5.75 Å². The van der Waals surface area contributed by atoms with Crippen LogP contribution in [0.1, 0.15) is 55.8 Å². The van der Waals surface area contributed by atoms with Crippen LogP contribution in [0.25, 0.3) is 0 Å². The molecule has 1 fully saturated rings. The van der Waals surface area contributed by atoms with Gasteiger partial charge in [0.05, 0.1) is 11.1 Å². The van der Waals surface area contributed by atoms with Gasteiger partial charge in [-0.3, -0.25) is 10.1 Å². The summed E-state index contributed by atoms with van der Waals surface area (Å²) in [5.41, 5.74) is 0.550. The Bertz CT molecular complexity index is 560. The minimum absolute atomic E-state index is 0.207. The average Bonchev–Trinajstić information content (AvgIpc) is 2.54. The van der Waals surface area contributed by atoms with E-state index in [1.807, 2.05) is 0 Å². The van der Waals surface area contributed by atoms with E-state index in [4.69, 9.17) is 17.0 Å². The smallest absolute Gasteiger partial charge is 0.257 e. The molecule has 0 unspecified atom stereocenters. The van der Waals surface area contributed by atoms with Crippen LogP contribution < -0.4 is 15.4 Å². The molecule has 0 aromatic heterocycles. The molecule has 1 aromatic carbocycles. The lowest BCUT2D eigenvalue weighted by atomic mass is 9.96. The zero-order valence-corrected chi connectivity index (χ0v) is 15.8. The molecule has 126 valence electrons. The molecule has 6 heteroatoms. The molecule has 4 nitrogen and oxygen atoms in total. The van der Waals surface area contributed by atoms with E-state index in [0.29, 0.717) is 23.3 Å². The van der Waals surface area contributed by atoms with E-state index in [9.17, 15) is 4.79 Å². The number of carbonyl (C=O) groups excluding carboxylic acids is 1. The van der Waals surface area contributed by atoms with Crippen molar-refractivity contribution in [3.8, 4) is 5.75 Å². The highest BCUT2D eigenvalue weighted by Gasteiger charge is 2.16. The first kappa shape index (κ1) is 18.2. The summed E-state index contributed by atoms with van der Waals surface area (Å²) in [7, 11) is 0. The second-order valence-electron chi connectivity index (χ2n) is 5.76.